The smallest absolute Gasteiger partial charge is 0.264 e. The zero-order valence-corrected chi connectivity index (χ0v) is 21.0. The molecule has 0 atom stereocenters. The van der Waals surface area contributed by atoms with Gasteiger partial charge >= 0.3 is 0 Å². The number of amides is 1. The molecule has 174 valence electrons. The summed E-state index contributed by atoms with van der Waals surface area (Å²) in [5.74, 6) is -0.262. The quantitative estimate of drug-likeness (QED) is 0.460. The maximum atomic E-state index is 13.5. The van der Waals surface area contributed by atoms with E-state index in [1.807, 2.05) is 32.0 Å². The molecule has 1 heterocycles. The number of hydrogen-bond donors (Lipinski definition) is 1. The molecule has 0 spiro atoms. The van der Waals surface area contributed by atoms with Crippen molar-refractivity contribution in [2.75, 3.05) is 16.2 Å². The maximum Gasteiger partial charge on any atom is 0.264 e. The molecular weight excluding hydrogens is 478 g/mol. The van der Waals surface area contributed by atoms with Gasteiger partial charge in [-0.1, -0.05) is 17.7 Å². The van der Waals surface area contributed by atoms with Crippen LogP contribution in [-0.2, 0) is 27.7 Å². The van der Waals surface area contributed by atoms with Crippen LogP contribution in [0, 0.1) is 13.8 Å². The molecule has 0 aliphatic heterocycles. The molecule has 0 saturated heterocycles. The number of nitrogens with one attached hydrogen (secondary N) is 1. The van der Waals surface area contributed by atoms with Gasteiger partial charge in [-0.3, -0.25) is 9.10 Å². The van der Waals surface area contributed by atoms with Crippen LogP contribution in [0.1, 0.15) is 41.0 Å². The number of sulfonamides is 1. The Morgan fingerprint density at radius 3 is 2.42 bits per heavy atom. The molecule has 3 aromatic rings. The van der Waals surface area contributed by atoms with Crippen molar-refractivity contribution in [3.8, 4) is 0 Å². The minimum Gasteiger partial charge on any atom is -0.302 e. The third-order valence-corrected chi connectivity index (χ3v) is 8.70. The molecule has 33 heavy (non-hydrogen) atoms. The van der Waals surface area contributed by atoms with Gasteiger partial charge in [0, 0.05) is 22.9 Å². The van der Waals surface area contributed by atoms with Gasteiger partial charge in [0.1, 0.15) is 0 Å². The van der Waals surface area contributed by atoms with E-state index >= 15 is 0 Å². The lowest BCUT2D eigenvalue weighted by molar-refractivity contribution is -0.116. The number of aryl methyl sites for hydroxylation is 4. The lowest BCUT2D eigenvalue weighted by Gasteiger charge is -2.25. The molecule has 6 nitrogen and oxygen atoms in total. The van der Waals surface area contributed by atoms with Crippen LogP contribution in [0.4, 0.5) is 10.8 Å². The van der Waals surface area contributed by atoms with Crippen molar-refractivity contribution in [1.29, 1.82) is 0 Å². The van der Waals surface area contributed by atoms with Crippen LogP contribution in [-0.4, -0.2) is 25.9 Å². The van der Waals surface area contributed by atoms with Crippen molar-refractivity contribution in [3.63, 3.8) is 0 Å². The number of hydrogen-bond acceptors (Lipinski definition) is 5. The van der Waals surface area contributed by atoms with Gasteiger partial charge in [0.15, 0.2) is 5.13 Å². The molecule has 2 aromatic carbocycles. The second kappa shape index (κ2) is 9.83. The Balaban J connectivity index is 1.56. The van der Waals surface area contributed by atoms with E-state index in [1.165, 1.54) is 32.7 Å². The molecular formula is C24H26ClN3O3S2. The van der Waals surface area contributed by atoms with Crippen LogP contribution >= 0.6 is 22.9 Å². The first-order valence-electron chi connectivity index (χ1n) is 10.9. The number of carbonyl (C=O) groups excluding carboxylic acids is 1. The summed E-state index contributed by atoms with van der Waals surface area (Å²) in [5.41, 5.74) is 3.49. The topological polar surface area (TPSA) is 79.4 Å². The van der Waals surface area contributed by atoms with Gasteiger partial charge in [-0.15, -0.1) is 11.3 Å². The second-order valence-corrected chi connectivity index (χ2v) is 11.7. The van der Waals surface area contributed by atoms with Crippen molar-refractivity contribution >= 4 is 49.7 Å². The Bertz CT molecular complexity index is 1230. The Hall–Kier alpha value is -2.42. The average molecular weight is 504 g/mol. The first kappa shape index (κ1) is 23.7. The Morgan fingerprint density at radius 1 is 1.09 bits per heavy atom. The fourth-order valence-corrected chi connectivity index (χ4v) is 6.65. The van der Waals surface area contributed by atoms with E-state index in [9.17, 15) is 13.2 Å². The summed E-state index contributed by atoms with van der Waals surface area (Å²) in [6.07, 6.45) is 4.22. The average Bonchev–Trinajstić information content (AvgIpc) is 3.15. The molecule has 4 rings (SSSR count). The number of nitrogens with zero attached hydrogens (tertiary/aromatic N) is 2. The number of anilines is 2. The number of halogens is 1. The van der Waals surface area contributed by atoms with Crippen LogP contribution in [0.25, 0.3) is 0 Å². The predicted octanol–water partition coefficient (Wildman–Crippen LogP) is 5.52. The fourth-order valence-electron chi connectivity index (χ4n) is 4.01. The predicted molar refractivity (Wildman–Crippen MR) is 134 cm³/mol. The van der Waals surface area contributed by atoms with E-state index in [1.54, 1.807) is 12.1 Å². The number of carbonyl (C=O) groups is 1. The zero-order valence-electron chi connectivity index (χ0n) is 18.6. The van der Waals surface area contributed by atoms with Crippen molar-refractivity contribution in [3.05, 3.63) is 69.2 Å². The van der Waals surface area contributed by atoms with Gasteiger partial charge in [-0.25, -0.2) is 13.4 Å². The van der Waals surface area contributed by atoms with Crippen molar-refractivity contribution in [2.24, 2.45) is 0 Å². The first-order chi connectivity index (χ1) is 15.7. The molecule has 1 N–H and O–H groups in total. The highest BCUT2D eigenvalue weighted by Gasteiger charge is 2.26. The number of thiazole rings is 1. The van der Waals surface area contributed by atoms with Crippen LogP contribution in [0.3, 0.4) is 0 Å². The molecule has 0 unspecified atom stereocenters. The number of rotatable bonds is 7. The van der Waals surface area contributed by atoms with Gasteiger partial charge in [0.2, 0.25) is 5.91 Å². The summed E-state index contributed by atoms with van der Waals surface area (Å²) in [6, 6.07) is 11.7. The highest BCUT2D eigenvalue weighted by atomic mass is 35.5. The van der Waals surface area contributed by atoms with Gasteiger partial charge in [0.05, 0.1) is 16.3 Å². The molecule has 1 aliphatic rings. The van der Waals surface area contributed by atoms with Gasteiger partial charge in [-0.2, -0.15) is 0 Å². The lowest BCUT2D eigenvalue weighted by Crippen LogP contribution is -2.34. The van der Waals surface area contributed by atoms with E-state index in [0.717, 1.165) is 42.5 Å². The van der Waals surface area contributed by atoms with Crippen molar-refractivity contribution in [1.82, 2.24) is 4.98 Å². The van der Waals surface area contributed by atoms with Crippen LogP contribution in [0.5, 0.6) is 0 Å². The van der Waals surface area contributed by atoms with E-state index in [4.69, 9.17) is 11.6 Å². The van der Waals surface area contributed by atoms with Crippen LogP contribution < -0.4 is 9.62 Å². The van der Waals surface area contributed by atoms with E-state index in [-0.39, 0.29) is 23.8 Å². The Morgan fingerprint density at radius 2 is 1.76 bits per heavy atom. The normalized spacial score (nSPS) is 13.4. The monoisotopic (exact) mass is 503 g/mol. The molecule has 0 radical (unpaired) electrons. The summed E-state index contributed by atoms with van der Waals surface area (Å²) < 4.78 is 28.3. The van der Waals surface area contributed by atoms with E-state index in [2.05, 4.69) is 10.3 Å². The first-order valence-corrected chi connectivity index (χ1v) is 13.5. The van der Waals surface area contributed by atoms with E-state index < -0.39 is 10.0 Å². The van der Waals surface area contributed by atoms with Crippen molar-refractivity contribution < 1.29 is 13.2 Å². The van der Waals surface area contributed by atoms with Gasteiger partial charge < -0.3 is 5.32 Å². The number of benzene rings is 2. The maximum absolute atomic E-state index is 13.5. The molecule has 0 bridgehead atoms. The van der Waals surface area contributed by atoms with Gasteiger partial charge in [-0.05, 0) is 87.1 Å². The zero-order chi connectivity index (χ0) is 23.6. The minimum absolute atomic E-state index is 0.00402. The number of aromatic nitrogens is 1. The van der Waals surface area contributed by atoms with E-state index in [0.29, 0.717) is 15.8 Å². The summed E-state index contributed by atoms with van der Waals surface area (Å²) >= 11 is 7.47. The summed E-state index contributed by atoms with van der Waals surface area (Å²) in [7, 11) is -3.89. The highest BCUT2D eigenvalue weighted by molar-refractivity contribution is 7.92. The van der Waals surface area contributed by atoms with Gasteiger partial charge in [0.25, 0.3) is 10.0 Å². The highest BCUT2D eigenvalue weighted by Crippen LogP contribution is 2.30. The lowest BCUT2D eigenvalue weighted by atomic mass is 10.0. The SMILES string of the molecule is Cc1cc(C)cc(N(CCC(=O)Nc2nc3c(s2)CCCC3)S(=O)(=O)c2ccc(Cl)cc2)c1. The third kappa shape index (κ3) is 5.57. The number of fused-ring (bicyclic) bond motifs is 1. The third-order valence-electron chi connectivity index (χ3n) is 5.53. The summed E-state index contributed by atoms with van der Waals surface area (Å²) in [5, 5.41) is 3.90. The largest absolute Gasteiger partial charge is 0.302 e. The Kier molecular flexibility index (Phi) is 7.07. The molecule has 0 saturated carbocycles. The van der Waals surface area contributed by atoms with Crippen molar-refractivity contribution in [2.45, 2.75) is 50.8 Å². The minimum atomic E-state index is -3.89. The molecule has 1 amide bonds. The fraction of sp³-hybridized carbons (Fsp3) is 0.333. The summed E-state index contributed by atoms with van der Waals surface area (Å²) in [6.45, 7) is 3.84. The van der Waals surface area contributed by atoms with Crippen LogP contribution in [0.15, 0.2) is 47.4 Å². The summed E-state index contributed by atoms with van der Waals surface area (Å²) in [4.78, 5) is 18.6. The molecule has 1 aromatic heterocycles. The molecule has 0 fully saturated rings. The standard InChI is InChI=1S/C24H26ClN3O3S2/c1-16-13-17(2)15-19(14-16)28(33(30,31)20-9-7-18(25)8-10-20)12-11-23(29)27-24-26-21-5-3-4-6-22(21)32-24/h7-10,13-15H,3-6,11-12H2,1-2H3,(H,26,27,29). The molecule has 9 heteroatoms. The van der Waals surface area contributed by atoms with Crippen LogP contribution in [0.2, 0.25) is 5.02 Å². The molecule has 1 aliphatic carbocycles. The Labute approximate surface area is 203 Å². The second-order valence-electron chi connectivity index (χ2n) is 8.27.